The lowest BCUT2D eigenvalue weighted by atomic mass is 10.1. The number of fused-ring (bicyclic) bond motifs is 2. The van der Waals surface area contributed by atoms with E-state index in [-0.39, 0.29) is 29.5 Å². The number of carbonyl (C=O) groups is 1. The first-order valence-electron chi connectivity index (χ1n) is 6.99. The van der Waals surface area contributed by atoms with Gasteiger partial charge in [0.1, 0.15) is 29.3 Å². The lowest BCUT2D eigenvalue weighted by Crippen LogP contribution is -2.14. The van der Waals surface area contributed by atoms with E-state index in [4.69, 9.17) is 14.3 Å². The number of phenolic OH excluding ortho intramolecular Hbond substituents is 1. The van der Waals surface area contributed by atoms with E-state index in [0.29, 0.717) is 16.9 Å². The van der Waals surface area contributed by atoms with Crippen LogP contribution in [0, 0.1) is 5.82 Å². The highest BCUT2D eigenvalue weighted by Gasteiger charge is 2.13. The second kappa shape index (κ2) is 7.11. The van der Waals surface area contributed by atoms with Crippen molar-refractivity contribution in [3.05, 3.63) is 47.8 Å². The van der Waals surface area contributed by atoms with Crippen LogP contribution in [-0.4, -0.2) is 28.7 Å². The summed E-state index contributed by atoms with van der Waals surface area (Å²) in [6.45, 7) is 3.02. The van der Waals surface area contributed by atoms with Gasteiger partial charge in [-0.25, -0.2) is 4.39 Å². The first-order valence-corrected chi connectivity index (χ1v) is 6.99. The Balaban J connectivity index is 0.000000198. The molecule has 1 atom stereocenters. The number of phenols is 1. The number of hydrogen-bond donors (Lipinski definition) is 2. The minimum atomic E-state index is -0.618. The molecule has 122 valence electrons. The van der Waals surface area contributed by atoms with Gasteiger partial charge in [-0.05, 0) is 38.1 Å². The summed E-state index contributed by atoms with van der Waals surface area (Å²) in [6.07, 6.45) is -0.618. The highest BCUT2D eigenvalue weighted by Crippen LogP contribution is 2.27. The molecular formula is C17H17FO5. The number of rotatable bonds is 4. The Morgan fingerprint density at radius 3 is 2.52 bits per heavy atom. The number of hydrogen-bond acceptors (Lipinski definition) is 5. The maximum atomic E-state index is 12.2. The molecule has 3 rings (SSSR count). The fourth-order valence-electron chi connectivity index (χ4n) is 1.96. The van der Waals surface area contributed by atoms with Crippen molar-refractivity contribution in [3.63, 3.8) is 0 Å². The molecule has 0 spiro atoms. The minimum Gasteiger partial charge on any atom is -0.507 e. The predicted octanol–water partition coefficient (Wildman–Crippen LogP) is 3.36. The molecular weight excluding hydrogens is 303 g/mol. The number of aliphatic hydroxyl groups excluding tert-OH is 1. The number of halogens is 1. The summed E-state index contributed by atoms with van der Waals surface area (Å²) < 4.78 is 22.3. The summed E-state index contributed by atoms with van der Waals surface area (Å²) in [5.41, 5.74) is 1.11. The first-order chi connectivity index (χ1) is 10.9. The maximum absolute atomic E-state index is 12.2. The predicted molar refractivity (Wildman–Crippen MR) is 82.6 cm³/mol. The van der Waals surface area contributed by atoms with Crippen molar-refractivity contribution in [2.75, 3.05) is 6.61 Å². The summed E-state index contributed by atoms with van der Waals surface area (Å²) in [5.74, 6) is -0.342. The maximum Gasteiger partial charge on any atom is 0.169 e. The third kappa shape index (κ3) is 4.20. The zero-order valence-corrected chi connectivity index (χ0v) is 12.7. The summed E-state index contributed by atoms with van der Waals surface area (Å²) in [5, 5.41) is 18.5. The number of carbonyl (C=O) groups excluding carboxylic acids is 1. The SMILES string of the molecule is CC(=O)c1c(O)cccc1OCC(C)O.Fc1cc2ccc1o2. The molecule has 1 aromatic carbocycles. The average Bonchev–Trinajstić information content (AvgIpc) is 3.07. The van der Waals surface area contributed by atoms with E-state index in [1.54, 1.807) is 31.2 Å². The van der Waals surface area contributed by atoms with Gasteiger partial charge in [0.2, 0.25) is 0 Å². The molecule has 0 amide bonds. The number of ether oxygens (including phenoxy) is 1. The molecule has 2 heterocycles. The second-order valence-corrected chi connectivity index (χ2v) is 5.06. The van der Waals surface area contributed by atoms with Crippen LogP contribution in [0.2, 0.25) is 0 Å². The van der Waals surface area contributed by atoms with Gasteiger partial charge in [-0.1, -0.05) is 6.07 Å². The number of furan rings is 2. The standard InChI is InChI=1S/C11H14O4.C6H3FO/c1-7(12)6-15-10-5-3-4-9(14)11(10)8(2)13;7-5-3-4-1-2-6(5)8-4/h3-5,7,12,14H,6H2,1-2H3;1-3H. The Morgan fingerprint density at radius 1 is 1.35 bits per heavy atom. The van der Waals surface area contributed by atoms with Crippen molar-refractivity contribution < 1.29 is 28.6 Å². The van der Waals surface area contributed by atoms with Gasteiger partial charge in [0.15, 0.2) is 17.2 Å². The van der Waals surface area contributed by atoms with Crippen LogP contribution < -0.4 is 4.74 Å². The zero-order chi connectivity index (χ0) is 17.0. The number of aromatic hydroxyl groups is 1. The molecule has 5 nitrogen and oxygen atoms in total. The van der Waals surface area contributed by atoms with Crippen LogP contribution in [-0.2, 0) is 0 Å². The molecule has 6 heteroatoms. The molecule has 2 bridgehead atoms. The van der Waals surface area contributed by atoms with Crippen molar-refractivity contribution in [2.45, 2.75) is 20.0 Å². The van der Waals surface area contributed by atoms with Gasteiger partial charge in [-0.15, -0.1) is 0 Å². The van der Waals surface area contributed by atoms with Crippen LogP contribution in [0.1, 0.15) is 24.2 Å². The van der Waals surface area contributed by atoms with Gasteiger partial charge >= 0.3 is 0 Å². The molecule has 0 saturated carbocycles. The van der Waals surface area contributed by atoms with E-state index in [2.05, 4.69) is 0 Å². The van der Waals surface area contributed by atoms with Gasteiger partial charge in [-0.2, -0.15) is 0 Å². The molecule has 23 heavy (non-hydrogen) atoms. The zero-order valence-electron chi connectivity index (χ0n) is 12.7. The van der Waals surface area contributed by atoms with E-state index < -0.39 is 6.10 Å². The van der Waals surface area contributed by atoms with E-state index in [1.807, 2.05) is 0 Å². The molecule has 0 saturated heterocycles. The highest BCUT2D eigenvalue weighted by atomic mass is 19.1. The highest BCUT2D eigenvalue weighted by molar-refractivity contribution is 5.99. The molecule has 0 radical (unpaired) electrons. The van der Waals surface area contributed by atoms with E-state index in [1.165, 1.54) is 19.1 Å². The Morgan fingerprint density at radius 2 is 2.09 bits per heavy atom. The fraction of sp³-hybridized carbons (Fsp3) is 0.235. The number of Topliss-reactive ketones (excluding diaryl/α,β-unsaturated/α-hetero) is 1. The lowest BCUT2D eigenvalue weighted by Gasteiger charge is -2.11. The number of ketones is 1. The van der Waals surface area contributed by atoms with Crippen molar-refractivity contribution in [1.29, 1.82) is 0 Å². The van der Waals surface area contributed by atoms with Crippen LogP contribution in [0.15, 0.2) is 40.8 Å². The first kappa shape index (κ1) is 16.8. The van der Waals surface area contributed by atoms with Gasteiger partial charge in [0, 0.05) is 6.07 Å². The molecule has 2 aromatic heterocycles. The van der Waals surface area contributed by atoms with Crippen molar-refractivity contribution in [2.24, 2.45) is 0 Å². The molecule has 2 N–H and O–H groups in total. The summed E-state index contributed by atoms with van der Waals surface area (Å²) >= 11 is 0. The monoisotopic (exact) mass is 320 g/mol. The number of aliphatic hydroxyl groups is 1. The third-order valence-corrected chi connectivity index (χ3v) is 2.97. The lowest BCUT2D eigenvalue weighted by molar-refractivity contribution is 0.0992. The van der Waals surface area contributed by atoms with Crippen molar-refractivity contribution in [1.82, 2.24) is 0 Å². The summed E-state index contributed by atoms with van der Waals surface area (Å²) in [7, 11) is 0. The van der Waals surface area contributed by atoms with E-state index in [9.17, 15) is 14.3 Å². The van der Waals surface area contributed by atoms with Gasteiger partial charge in [0.25, 0.3) is 0 Å². The Labute approximate surface area is 132 Å². The minimum absolute atomic E-state index is 0.0870. The van der Waals surface area contributed by atoms with Gasteiger partial charge < -0.3 is 19.4 Å². The fourth-order valence-corrected chi connectivity index (χ4v) is 1.96. The quantitative estimate of drug-likeness (QED) is 0.721. The Bertz CT molecular complexity index is 778. The molecule has 0 fully saturated rings. The Hall–Kier alpha value is -2.60. The summed E-state index contributed by atoms with van der Waals surface area (Å²) in [6, 6.07) is 9.31. The van der Waals surface area contributed by atoms with Crippen LogP contribution >= 0.6 is 0 Å². The molecule has 1 unspecified atom stereocenters. The van der Waals surface area contributed by atoms with E-state index >= 15 is 0 Å². The van der Waals surface area contributed by atoms with Crippen LogP contribution in [0.3, 0.4) is 0 Å². The average molecular weight is 320 g/mol. The topological polar surface area (TPSA) is 79.9 Å². The molecule has 0 aliphatic carbocycles. The van der Waals surface area contributed by atoms with Crippen molar-refractivity contribution in [3.8, 4) is 11.5 Å². The van der Waals surface area contributed by atoms with E-state index in [0.717, 1.165) is 0 Å². The smallest absolute Gasteiger partial charge is 0.169 e. The van der Waals surface area contributed by atoms with Crippen molar-refractivity contribution >= 4 is 16.9 Å². The van der Waals surface area contributed by atoms with Gasteiger partial charge in [0.05, 0.1) is 6.10 Å². The second-order valence-electron chi connectivity index (χ2n) is 5.06. The molecule has 0 aliphatic heterocycles. The van der Waals surface area contributed by atoms with Crippen LogP contribution in [0.4, 0.5) is 4.39 Å². The third-order valence-electron chi connectivity index (χ3n) is 2.97. The van der Waals surface area contributed by atoms with Crippen LogP contribution in [0.5, 0.6) is 11.5 Å². The Kier molecular flexibility index (Phi) is 5.18. The van der Waals surface area contributed by atoms with Crippen LogP contribution in [0.25, 0.3) is 11.2 Å². The van der Waals surface area contributed by atoms with Gasteiger partial charge in [-0.3, -0.25) is 4.79 Å². The summed E-state index contributed by atoms with van der Waals surface area (Å²) in [4.78, 5) is 11.2. The molecule has 3 aromatic rings. The number of benzene rings is 2. The molecule has 0 aliphatic rings. The largest absolute Gasteiger partial charge is 0.507 e. The normalized spacial score (nSPS) is 11.8.